The molecule has 5 fully saturated rings. The van der Waals surface area contributed by atoms with Crippen molar-refractivity contribution in [1.82, 2.24) is 34.3 Å². The van der Waals surface area contributed by atoms with Crippen LogP contribution in [0.2, 0.25) is 0 Å². The van der Waals surface area contributed by atoms with E-state index in [2.05, 4.69) is 15.2 Å². The molecule has 35 heavy (non-hydrogen) atoms. The van der Waals surface area contributed by atoms with Crippen LogP contribution >= 0.6 is 0 Å². The smallest absolute Gasteiger partial charge is 0.320 e. The van der Waals surface area contributed by atoms with E-state index in [1.807, 2.05) is 14.5 Å². The normalized spacial score (nSPS) is 26.2. The predicted molar refractivity (Wildman–Crippen MR) is 123 cm³/mol. The van der Waals surface area contributed by atoms with Gasteiger partial charge in [-0.3, -0.25) is 4.68 Å². The van der Waals surface area contributed by atoms with Crippen LogP contribution in [0.25, 0.3) is 0 Å². The fraction of sp³-hybridized carbons (Fsp3) is 0.739. The van der Waals surface area contributed by atoms with Crippen molar-refractivity contribution in [1.29, 1.82) is 0 Å². The van der Waals surface area contributed by atoms with Crippen LogP contribution in [0.15, 0.2) is 23.6 Å². The molecule has 5 aliphatic rings. The fourth-order valence-corrected chi connectivity index (χ4v) is 7.39. The topological polar surface area (TPSA) is 126 Å². The van der Waals surface area contributed by atoms with E-state index in [1.165, 1.54) is 12.5 Å². The zero-order valence-electron chi connectivity index (χ0n) is 19.9. The molecule has 2 aromatic heterocycles. The zero-order valence-corrected chi connectivity index (χ0v) is 20.7. The fourth-order valence-electron chi connectivity index (χ4n) is 6.84. The van der Waals surface area contributed by atoms with Gasteiger partial charge in [0.2, 0.25) is 0 Å². The van der Waals surface area contributed by atoms with Gasteiger partial charge in [0, 0.05) is 56.0 Å². The van der Waals surface area contributed by atoms with Gasteiger partial charge in [-0.2, -0.15) is 10.2 Å². The predicted octanol–water partition coefficient (Wildman–Crippen LogP) is 1.03. The third-order valence-corrected chi connectivity index (χ3v) is 10.00. The molecule has 2 amide bonds. The SMILES string of the molecule is CS(=O)(=O)c1cnn(CC2CC3(C2)CN(C(=O)N2CC4(CC(n5cnc(C6(O)CC6)n5)C4)C2)C3)c1. The van der Waals surface area contributed by atoms with Crippen LogP contribution in [-0.2, 0) is 22.0 Å². The highest BCUT2D eigenvalue weighted by Crippen LogP contribution is 2.56. The van der Waals surface area contributed by atoms with E-state index >= 15 is 0 Å². The maximum absolute atomic E-state index is 12.9. The Labute approximate surface area is 204 Å². The molecule has 0 bridgehead atoms. The molecule has 0 radical (unpaired) electrons. The molecule has 4 heterocycles. The highest BCUT2D eigenvalue weighted by atomic mass is 32.2. The molecule has 3 saturated carbocycles. The molecule has 0 unspecified atom stereocenters. The number of likely N-dealkylation sites (tertiary alicyclic amines) is 2. The Morgan fingerprint density at radius 2 is 1.71 bits per heavy atom. The summed E-state index contributed by atoms with van der Waals surface area (Å²) < 4.78 is 26.9. The molecule has 12 heteroatoms. The van der Waals surface area contributed by atoms with Crippen LogP contribution in [0.3, 0.4) is 0 Å². The third kappa shape index (κ3) is 3.51. The number of amides is 2. The average molecular weight is 502 g/mol. The second-order valence-corrected chi connectivity index (χ2v) is 14.1. The molecule has 0 aromatic carbocycles. The van der Waals surface area contributed by atoms with Crippen molar-refractivity contribution < 1.29 is 18.3 Å². The number of carbonyl (C=O) groups is 1. The van der Waals surface area contributed by atoms with E-state index in [0.717, 1.165) is 71.2 Å². The Kier molecular flexibility index (Phi) is 4.26. The Hall–Kier alpha value is -2.47. The van der Waals surface area contributed by atoms with Gasteiger partial charge in [0.25, 0.3) is 0 Å². The van der Waals surface area contributed by atoms with Gasteiger partial charge < -0.3 is 14.9 Å². The molecular weight excluding hydrogens is 470 g/mol. The first kappa shape index (κ1) is 21.8. The van der Waals surface area contributed by atoms with E-state index in [4.69, 9.17) is 0 Å². The van der Waals surface area contributed by atoms with Gasteiger partial charge in [0.1, 0.15) is 16.8 Å². The van der Waals surface area contributed by atoms with E-state index in [0.29, 0.717) is 17.8 Å². The number of sulfone groups is 1. The van der Waals surface area contributed by atoms with Crippen LogP contribution in [-0.4, -0.2) is 86.3 Å². The summed E-state index contributed by atoms with van der Waals surface area (Å²) in [4.78, 5) is 21.5. The maximum atomic E-state index is 12.9. The summed E-state index contributed by atoms with van der Waals surface area (Å²) in [5, 5.41) is 18.9. The molecule has 2 aliphatic heterocycles. The Bertz CT molecular complexity index is 1280. The van der Waals surface area contributed by atoms with E-state index in [-0.39, 0.29) is 21.8 Å². The molecule has 1 N–H and O–H groups in total. The number of carbonyl (C=O) groups excluding carboxylic acids is 1. The van der Waals surface area contributed by atoms with Crippen LogP contribution in [0, 0.1) is 16.7 Å². The summed E-state index contributed by atoms with van der Waals surface area (Å²) in [6.45, 7) is 4.02. The minimum atomic E-state index is -3.22. The van der Waals surface area contributed by atoms with E-state index < -0.39 is 15.4 Å². The van der Waals surface area contributed by atoms with Crippen molar-refractivity contribution in [3.8, 4) is 0 Å². The quantitative estimate of drug-likeness (QED) is 0.648. The molecule has 2 spiro atoms. The maximum Gasteiger partial charge on any atom is 0.320 e. The van der Waals surface area contributed by atoms with Crippen LogP contribution in [0.4, 0.5) is 4.79 Å². The van der Waals surface area contributed by atoms with E-state index in [1.54, 1.807) is 17.2 Å². The number of aliphatic hydroxyl groups is 1. The molecule has 2 aromatic rings. The Balaban J connectivity index is 0.850. The monoisotopic (exact) mass is 501 g/mol. The number of rotatable bonds is 5. The molecule has 2 saturated heterocycles. The van der Waals surface area contributed by atoms with Crippen LogP contribution in [0.1, 0.15) is 50.4 Å². The lowest BCUT2D eigenvalue weighted by molar-refractivity contribution is -0.109. The molecule has 11 nitrogen and oxygen atoms in total. The average Bonchev–Trinajstić information content (AvgIpc) is 3.10. The second kappa shape index (κ2) is 6.84. The molecular formula is C23H31N7O4S. The van der Waals surface area contributed by atoms with Gasteiger partial charge in [-0.05, 0) is 44.4 Å². The molecule has 3 aliphatic carbocycles. The summed E-state index contributed by atoms with van der Waals surface area (Å²) >= 11 is 0. The van der Waals surface area contributed by atoms with E-state index in [9.17, 15) is 18.3 Å². The van der Waals surface area contributed by atoms with Gasteiger partial charge in [-0.25, -0.2) is 22.9 Å². The summed E-state index contributed by atoms with van der Waals surface area (Å²) in [6.07, 6.45) is 11.6. The van der Waals surface area contributed by atoms with Crippen molar-refractivity contribution in [3.05, 3.63) is 24.5 Å². The first-order valence-corrected chi connectivity index (χ1v) is 14.3. The summed E-state index contributed by atoms with van der Waals surface area (Å²) in [6, 6.07) is 0.482. The standard InChI is InChI=1S/C23H31N7O4S/c1-35(33,34)18-8-25-29(10-18)9-16-4-21(5-16)11-27(12-21)20(31)28-13-22(14-28)6-17(7-22)30-15-24-19(26-30)23(32)2-3-23/h8,10,15-17,32H,2-7,9,11-14H2,1H3. The minimum Gasteiger partial charge on any atom is -0.382 e. The number of urea groups is 1. The summed E-state index contributed by atoms with van der Waals surface area (Å²) in [5.74, 6) is 1.04. The third-order valence-electron chi connectivity index (χ3n) is 8.93. The number of aromatic nitrogens is 5. The van der Waals surface area contributed by atoms with Crippen LogP contribution in [0.5, 0.6) is 0 Å². The first-order chi connectivity index (χ1) is 16.5. The van der Waals surface area contributed by atoms with Crippen LogP contribution < -0.4 is 0 Å². The van der Waals surface area contributed by atoms with Gasteiger partial charge in [0.15, 0.2) is 15.7 Å². The minimum absolute atomic E-state index is 0.164. The summed E-state index contributed by atoms with van der Waals surface area (Å²) in [7, 11) is -3.22. The highest BCUT2D eigenvalue weighted by molar-refractivity contribution is 7.90. The van der Waals surface area contributed by atoms with Crippen molar-refractivity contribution in [2.24, 2.45) is 16.7 Å². The largest absolute Gasteiger partial charge is 0.382 e. The Morgan fingerprint density at radius 1 is 1.09 bits per heavy atom. The first-order valence-electron chi connectivity index (χ1n) is 12.4. The van der Waals surface area contributed by atoms with Crippen molar-refractivity contribution in [2.75, 3.05) is 32.4 Å². The lowest BCUT2D eigenvalue weighted by Gasteiger charge is -2.63. The van der Waals surface area contributed by atoms with Crippen molar-refractivity contribution in [2.45, 2.75) is 61.6 Å². The van der Waals surface area contributed by atoms with Gasteiger partial charge in [-0.1, -0.05) is 0 Å². The lowest BCUT2D eigenvalue weighted by Crippen LogP contribution is -2.71. The van der Waals surface area contributed by atoms with Gasteiger partial charge in [-0.15, -0.1) is 0 Å². The molecule has 7 rings (SSSR count). The lowest BCUT2D eigenvalue weighted by atomic mass is 9.57. The number of hydrogen-bond acceptors (Lipinski definition) is 7. The second-order valence-electron chi connectivity index (χ2n) is 12.1. The molecule has 0 atom stereocenters. The van der Waals surface area contributed by atoms with Crippen molar-refractivity contribution >= 4 is 15.9 Å². The van der Waals surface area contributed by atoms with Crippen molar-refractivity contribution in [3.63, 3.8) is 0 Å². The summed E-state index contributed by atoms with van der Waals surface area (Å²) in [5.41, 5.74) is -0.322. The number of nitrogens with zero attached hydrogens (tertiary/aromatic N) is 7. The highest BCUT2D eigenvalue weighted by Gasteiger charge is 2.59. The Morgan fingerprint density at radius 3 is 2.29 bits per heavy atom. The zero-order chi connectivity index (χ0) is 24.2. The number of hydrogen-bond donors (Lipinski definition) is 1. The van der Waals surface area contributed by atoms with Gasteiger partial charge >= 0.3 is 6.03 Å². The van der Waals surface area contributed by atoms with Gasteiger partial charge in [0.05, 0.1) is 12.2 Å². The molecule has 188 valence electrons.